The van der Waals surface area contributed by atoms with Crippen LogP contribution in [0.1, 0.15) is 26.0 Å². The van der Waals surface area contributed by atoms with E-state index in [1.54, 1.807) is 42.3 Å². The van der Waals surface area contributed by atoms with Crippen molar-refractivity contribution in [3.8, 4) is 17.7 Å². The van der Waals surface area contributed by atoms with Crippen LogP contribution in [0.3, 0.4) is 0 Å². The summed E-state index contributed by atoms with van der Waals surface area (Å²) in [6, 6.07) is 3.52. The highest BCUT2D eigenvalue weighted by Gasteiger charge is 2.13. The lowest BCUT2D eigenvalue weighted by molar-refractivity contribution is 0.118. The smallest absolute Gasteiger partial charge is 0.221 e. The van der Waals surface area contributed by atoms with Gasteiger partial charge in [0.15, 0.2) is 5.82 Å². The number of aromatic nitrogens is 5. The maximum absolute atomic E-state index is 9.97. The molecular formula is C16H16N6O. The Morgan fingerprint density at radius 3 is 2.91 bits per heavy atom. The topological polar surface area (TPSA) is 103 Å². The zero-order chi connectivity index (χ0) is 16.4. The van der Waals surface area contributed by atoms with Crippen molar-refractivity contribution in [1.82, 2.24) is 24.7 Å². The molecule has 0 amide bonds. The van der Waals surface area contributed by atoms with Crippen molar-refractivity contribution < 1.29 is 5.11 Å². The number of rotatable bonds is 2. The molecule has 0 saturated carbocycles. The highest BCUT2D eigenvalue weighted by molar-refractivity contribution is 5.80. The summed E-state index contributed by atoms with van der Waals surface area (Å²) >= 11 is 0. The van der Waals surface area contributed by atoms with Crippen LogP contribution in [-0.4, -0.2) is 35.4 Å². The summed E-state index contributed by atoms with van der Waals surface area (Å²) in [5.41, 5.74) is 5.95. The van der Waals surface area contributed by atoms with Crippen LogP contribution in [-0.2, 0) is 0 Å². The van der Waals surface area contributed by atoms with E-state index in [2.05, 4.69) is 31.9 Å². The molecule has 0 saturated heterocycles. The molecule has 3 aromatic heterocycles. The molecule has 0 aliphatic carbocycles. The van der Waals surface area contributed by atoms with Gasteiger partial charge in [0.2, 0.25) is 5.95 Å². The van der Waals surface area contributed by atoms with Gasteiger partial charge in [-0.25, -0.2) is 14.6 Å². The second-order valence-corrected chi connectivity index (χ2v) is 5.34. The Kier molecular flexibility index (Phi) is 3.68. The first-order valence-corrected chi connectivity index (χ1v) is 7.17. The molecule has 3 rings (SSSR count). The summed E-state index contributed by atoms with van der Waals surface area (Å²) in [5.74, 6) is 6.46. The summed E-state index contributed by atoms with van der Waals surface area (Å²) in [4.78, 5) is 12.3. The van der Waals surface area contributed by atoms with Gasteiger partial charge in [0.05, 0.1) is 11.7 Å². The Morgan fingerprint density at radius 2 is 2.17 bits per heavy atom. The average molecular weight is 308 g/mol. The summed E-state index contributed by atoms with van der Waals surface area (Å²) in [6.07, 6.45) is 5.50. The minimum atomic E-state index is -1.03. The van der Waals surface area contributed by atoms with Crippen LogP contribution < -0.4 is 5.73 Å². The molecule has 116 valence electrons. The van der Waals surface area contributed by atoms with E-state index in [4.69, 9.17) is 5.73 Å². The molecule has 1 atom stereocenters. The lowest BCUT2D eigenvalue weighted by atomic mass is 10.0. The Bertz CT molecular complexity index is 919. The fraction of sp³-hybridized carbons (Fsp3) is 0.250. The number of hydrogen-bond acceptors (Lipinski definition) is 6. The fourth-order valence-corrected chi connectivity index (χ4v) is 1.94. The van der Waals surface area contributed by atoms with Crippen molar-refractivity contribution in [2.24, 2.45) is 0 Å². The first-order chi connectivity index (χ1) is 11.0. The second-order valence-electron chi connectivity index (χ2n) is 5.34. The van der Waals surface area contributed by atoms with E-state index in [9.17, 15) is 5.11 Å². The van der Waals surface area contributed by atoms with Gasteiger partial charge in [-0.3, -0.25) is 0 Å². The summed E-state index contributed by atoms with van der Waals surface area (Å²) in [5, 5.41) is 15.1. The van der Waals surface area contributed by atoms with Crippen LogP contribution in [0, 0.1) is 11.8 Å². The number of hydrogen-bond donors (Lipinski definition) is 2. The minimum absolute atomic E-state index is 0.180. The number of aliphatic hydroxyl groups is 1. The molecule has 3 N–H and O–H groups in total. The maximum atomic E-state index is 9.97. The van der Waals surface area contributed by atoms with Crippen LogP contribution in [0.2, 0.25) is 0 Å². The predicted octanol–water partition coefficient (Wildman–Crippen LogP) is 1.31. The van der Waals surface area contributed by atoms with E-state index in [-0.39, 0.29) is 5.95 Å². The van der Waals surface area contributed by atoms with Gasteiger partial charge in [-0.1, -0.05) is 12.8 Å². The summed E-state index contributed by atoms with van der Waals surface area (Å²) < 4.78 is 1.65. The van der Waals surface area contributed by atoms with Crippen LogP contribution in [0.25, 0.3) is 16.7 Å². The van der Waals surface area contributed by atoms with E-state index in [1.807, 2.05) is 6.92 Å². The van der Waals surface area contributed by atoms with Gasteiger partial charge in [0, 0.05) is 23.8 Å². The molecule has 3 heterocycles. The van der Waals surface area contributed by atoms with Crippen molar-refractivity contribution in [2.75, 3.05) is 5.73 Å². The Labute approximate surface area is 133 Å². The quantitative estimate of drug-likeness (QED) is 0.692. The van der Waals surface area contributed by atoms with Gasteiger partial charge >= 0.3 is 0 Å². The first kappa shape index (κ1) is 14.9. The number of nitrogens with two attached hydrogens (primary N) is 1. The molecule has 7 heteroatoms. The van der Waals surface area contributed by atoms with E-state index in [0.29, 0.717) is 17.9 Å². The predicted molar refractivity (Wildman–Crippen MR) is 86.7 cm³/mol. The molecule has 7 nitrogen and oxygen atoms in total. The van der Waals surface area contributed by atoms with Crippen LogP contribution in [0.15, 0.2) is 30.7 Å². The standard InChI is InChI=1S/C16H16N6O/c1-3-16(2,23)6-4-12-8-13-11(9-19-12)10-20-22(13)14-5-7-18-15(17)21-14/h5,7-10,23H,3H2,1-2H3,(H2,17,18,21)/t16-/m0/s1. The third kappa shape index (κ3) is 3.12. The van der Waals surface area contributed by atoms with Gasteiger partial charge in [0.1, 0.15) is 11.3 Å². The monoisotopic (exact) mass is 308 g/mol. The Morgan fingerprint density at radius 1 is 1.35 bits per heavy atom. The highest BCUT2D eigenvalue weighted by atomic mass is 16.3. The Balaban J connectivity index is 2.07. The van der Waals surface area contributed by atoms with E-state index in [1.165, 1.54) is 0 Å². The molecule has 0 aliphatic rings. The lowest BCUT2D eigenvalue weighted by Crippen LogP contribution is -2.19. The normalized spacial score (nSPS) is 13.3. The number of nitrogen functional groups attached to an aromatic ring is 1. The third-order valence-electron chi connectivity index (χ3n) is 3.48. The molecule has 0 spiro atoms. The van der Waals surface area contributed by atoms with Crippen molar-refractivity contribution in [2.45, 2.75) is 25.9 Å². The number of pyridine rings is 1. The van der Waals surface area contributed by atoms with Crippen LogP contribution in [0.4, 0.5) is 5.95 Å². The molecular weight excluding hydrogens is 292 g/mol. The molecule has 0 bridgehead atoms. The van der Waals surface area contributed by atoms with Gasteiger partial charge in [0.25, 0.3) is 0 Å². The molecule has 0 radical (unpaired) electrons. The van der Waals surface area contributed by atoms with Crippen molar-refractivity contribution in [1.29, 1.82) is 0 Å². The third-order valence-corrected chi connectivity index (χ3v) is 3.48. The van der Waals surface area contributed by atoms with Gasteiger partial charge in [-0.15, -0.1) is 0 Å². The number of nitrogens with zero attached hydrogens (tertiary/aromatic N) is 5. The van der Waals surface area contributed by atoms with Crippen molar-refractivity contribution in [3.05, 3.63) is 36.4 Å². The summed E-state index contributed by atoms with van der Waals surface area (Å²) in [7, 11) is 0. The number of fused-ring (bicyclic) bond motifs is 1. The molecule has 23 heavy (non-hydrogen) atoms. The van der Waals surface area contributed by atoms with E-state index >= 15 is 0 Å². The van der Waals surface area contributed by atoms with Gasteiger partial charge < -0.3 is 10.8 Å². The van der Waals surface area contributed by atoms with Crippen LogP contribution >= 0.6 is 0 Å². The molecule has 0 fully saturated rings. The van der Waals surface area contributed by atoms with Crippen LogP contribution in [0.5, 0.6) is 0 Å². The fourth-order valence-electron chi connectivity index (χ4n) is 1.94. The zero-order valence-corrected chi connectivity index (χ0v) is 12.9. The molecule has 0 unspecified atom stereocenters. The average Bonchev–Trinajstić information content (AvgIpc) is 2.96. The molecule has 3 aromatic rings. The van der Waals surface area contributed by atoms with Gasteiger partial charge in [-0.2, -0.15) is 10.1 Å². The van der Waals surface area contributed by atoms with Crippen molar-refractivity contribution >= 4 is 16.9 Å². The number of anilines is 1. The highest BCUT2D eigenvalue weighted by Crippen LogP contribution is 2.17. The van der Waals surface area contributed by atoms with Crippen molar-refractivity contribution in [3.63, 3.8) is 0 Å². The van der Waals surface area contributed by atoms with E-state index in [0.717, 1.165) is 10.9 Å². The second kappa shape index (κ2) is 5.66. The molecule has 0 aromatic carbocycles. The van der Waals surface area contributed by atoms with Gasteiger partial charge in [-0.05, 0) is 25.3 Å². The van der Waals surface area contributed by atoms with E-state index < -0.39 is 5.60 Å². The Hall–Kier alpha value is -2.98. The maximum Gasteiger partial charge on any atom is 0.221 e. The minimum Gasteiger partial charge on any atom is -0.378 e. The lowest BCUT2D eigenvalue weighted by Gasteiger charge is -2.11. The summed E-state index contributed by atoms with van der Waals surface area (Å²) in [6.45, 7) is 3.55. The SMILES string of the molecule is CC[C@](C)(O)C#Cc1cc2c(cn1)cnn2-c1ccnc(N)n1. The molecule has 0 aliphatic heterocycles. The largest absolute Gasteiger partial charge is 0.378 e. The zero-order valence-electron chi connectivity index (χ0n) is 12.9. The first-order valence-electron chi connectivity index (χ1n) is 7.17.